The van der Waals surface area contributed by atoms with Gasteiger partial charge >= 0.3 is 0 Å². The van der Waals surface area contributed by atoms with Crippen molar-refractivity contribution in [2.45, 2.75) is 39.0 Å². The van der Waals surface area contributed by atoms with Gasteiger partial charge < -0.3 is 10.1 Å². The summed E-state index contributed by atoms with van der Waals surface area (Å²) in [6.45, 7) is 3.51. The van der Waals surface area contributed by atoms with Gasteiger partial charge in [0.15, 0.2) is 0 Å². The molecule has 0 unspecified atom stereocenters. The number of thiazole rings is 1. The minimum Gasteiger partial charge on any atom is -0.487 e. The molecule has 4 heteroatoms. The minimum atomic E-state index is 0.545. The summed E-state index contributed by atoms with van der Waals surface area (Å²) in [7, 11) is 0. The van der Waals surface area contributed by atoms with Crippen LogP contribution in [0, 0.1) is 6.92 Å². The highest BCUT2D eigenvalue weighted by Gasteiger charge is 2.20. The maximum Gasteiger partial charge on any atom is 0.131 e. The number of hydrogen-bond acceptors (Lipinski definition) is 4. The lowest BCUT2D eigenvalue weighted by atomic mass is 10.2. The van der Waals surface area contributed by atoms with Crippen molar-refractivity contribution in [2.24, 2.45) is 0 Å². The normalized spacial score (nSPS) is 14.6. The van der Waals surface area contributed by atoms with Crippen molar-refractivity contribution in [3.05, 3.63) is 45.9 Å². The SMILES string of the molecule is Cc1ccc(OCc2csc(CNC3CC3)n2)cc1. The molecular formula is C15H18N2OS. The number of benzene rings is 1. The van der Waals surface area contributed by atoms with Crippen LogP contribution < -0.4 is 10.1 Å². The average Bonchev–Trinajstić information content (AvgIpc) is 3.15. The highest BCUT2D eigenvalue weighted by Crippen LogP contribution is 2.20. The molecule has 0 saturated heterocycles. The average molecular weight is 274 g/mol. The number of aryl methyl sites for hydroxylation is 1. The van der Waals surface area contributed by atoms with E-state index in [0.717, 1.165) is 29.0 Å². The van der Waals surface area contributed by atoms with E-state index in [1.54, 1.807) is 11.3 Å². The van der Waals surface area contributed by atoms with E-state index in [2.05, 4.69) is 34.7 Å². The van der Waals surface area contributed by atoms with Gasteiger partial charge in [0.05, 0.1) is 5.69 Å². The lowest BCUT2D eigenvalue weighted by Gasteiger charge is -2.04. The predicted molar refractivity (Wildman–Crippen MR) is 77.5 cm³/mol. The molecule has 1 heterocycles. The van der Waals surface area contributed by atoms with Crippen LogP contribution in [-0.2, 0) is 13.2 Å². The molecule has 1 aliphatic carbocycles. The molecule has 3 nitrogen and oxygen atoms in total. The first-order valence-corrected chi connectivity index (χ1v) is 7.54. The molecule has 0 atom stereocenters. The van der Waals surface area contributed by atoms with Gasteiger partial charge in [-0.25, -0.2) is 4.98 Å². The number of rotatable bonds is 6. The number of ether oxygens (including phenoxy) is 1. The summed E-state index contributed by atoms with van der Waals surface area (Å²) >= 11 is 1.70. The third kappa shape index (κ3) is 3.78. The molecular weight excluding hydrogens is 256 g/mol. The Kier molecular flexibility index (Phi) is 3.80. The van der Waals surface area contributed by atoms with Crippen LogP contribution >= 0.6 is 11.3 Å². The largest absolute Gasteiger partial charge is 0.487 e. The quantitative estimate of drug-likeness (QED) is 0.877. The molecule has 0 aliphatic heterocycles. The summed E-state index contributed by atoms with van der Waals surface area (Å²) in [4.78, 5) is 4.57. The first-order valence-electron chi connectivity index (χ1n) is 6.66. The van der Waals surface area contributed by atoms with Crippen LogP contribution in [0.5, 0.6) is 5.75 Å². The summed E-state index contributed by atoms with van der Waals surface area (Å²) in [6, 6.07) is 8.84. The number of hydrogen-bond donors (Lipinski definition) is 1. The first-order chi connectivity index (χ1) is 9.29. The van der Waals surface area contributed by atoms with Crippen molar-refractivity contribution < 1.29 is 4.74 Å². The Hall–Kier alpha value is -1.39. The molecule has 1 fully saturated rings. The van der Waals surface area contributed by atoms with E-state index in [1.807, 2.05) is 12.1 Å². The molecule has 100 valence electrons. The smallest absolute Gasteiger partial charge is 0.131 e. The Morgan fingerprint density at radius 3 is 2.84 bits per heavy atom. The zero-order valence-corrected chi connectivity index (χ0v) is 11.9. The number of nitrogens with zero attached hydrogens (tertiary/aromatic N) is 1. The standard InChI is InChI=1S/C15H18N2OS/c1-11-2-6-14(7-3-11)18-9-13-10-19-15(17-13)8-16-12-4-5-12/h2-3,6-7,10,12,16H,4-5,8-9H2,1H3. The Morgan fingerprint density at radius 2 is 2.11 bits per heavy atom. The molecule has 1 N–H and O–H groups in total. The van der Waals surface area contributed by atoms with Gasteiger partial charge in [-0.05, 0) is 31.9 Å². The second-order valence-corrected chi connectivity index (χ2v) is 5.93. The second-order valence-electron chi connectivity index (χ2n) is 4.99. The molecule has 0 amide bonds. The van der Waals surface area contributed by atoms with Crippen molar-refractivity contribution in [2.75, 3.05) is 0 Å². The van der Waals surface area contributed by atoms with Crippen LogP contribution in [0.4, 0.5) is 0 Å². The fourth-order valence-electron chi connectivity index (χ4n) is 1.81. The van der Waals surface area contributed by atoms with E-state index in [1.165, 1.54) is 18.4 Å². The van der Waals surface area contributed by atoms with Gasteiger partial charge in [-0.15, -0.1) is 11.3 Å². The van der Waals surface area contributed by atoms with Crippen LogP contribution in [0.2, 0.25) is 0 Å². The molecule has 1 saturated carbocycles. The Bertz CT molecular complexity index is 531. The highest BCUT2D eigenvalue weighted by atomic mass is 32.1. The molecule has 0 bridgehead atoms. The van der Waals surface area contributed by atoms with Crippen LogP contribution in [0.3, 0.4) is 0 Å². The van der Waals surface area contributed by atoms with Crippen LogP contribution in [0.15, 0.2) is 29.6 Å². The van der Waals surface area contributed by atoms with Crippen molar-refractivity contribution in [1.82, 2.24) is 10.3 Å². The lowest BCUT2D eigenvalue weighted by Crippen LogP contribution is -2.15. The second kappa shape index (κ2) is 5.72. The molecule has 0 radical (unpaired) electrons. The van der Waals surface area contributed by atoms with Gasteiger partial charge in [0.2, 0.25) is 0 Å². The monoisotopic (exact) mass is 274 g/mol. The van der Waals surface area contributed by atoms with E-state index < -0.39 is 0 Å². The summed E-state index contributed by atoms with van der Waals surface area (Å²) in [6.07, 6.45) is 2.63. The maximum atomic E-state index is 5.72. The third-order valence-electron chi connectivity index (χ3n) is 3.13. The summed E-state index contributed by atoms with van der Waals surface area (Å²) in [5.41, 5.74) is 2.26. The van der Waals surface area contributed by atoms with Gasteiger partial charge in [0.25, 0.3) is 0 Å². The Balaban J connectivity index is 1.50. The maximum absolute atomic E-state index is 5.72. The van der Waals surface area contributed by atoms with Gasteiger partial charge in [0, 0.05) is 18.0 Å². The molecule has 1 aliphatic rings. The first kappa shape index (κ1) is 12.6. The Morgan fingerprint density at radius 1 is 1.32 bits per heavy atom. The fourth-order valence-corrected chi connectivity index (χ4v) is 2.54. The van der Waals surface area contributed by atoms with E-state index in [0.29, 0.717) is 6.61 Å². The van der Waals surface area contributed by atoms with Crippen LogP contribution in [-0.4, -0.2) is 11.0 Å². The lowest BCUT2D eigenvalue weighted by molar-refractivity contribution is 0.302. The van der Waals surface area contributed by atoms with Gasteiger partial charge in [0.1, 0.15) is 17.4 Å². The van der Waals surface area contributed by atoms with Gasteiger partial charge in [-0.3, -0.25) is 0 Å². The molecule has 3 rings (SSSR count). The molecule has 2 aromatic rings. The van der Waals surface area contributed by atoms with E-state index in [9.17, 15) is 0 Å². The Labute approximate surface area is 117 Å². The number of aromatic nitrogens is 1. The van der Waals surface area contributed by atoms with Crippen molar-refractivity contribution in [3.63, 3.8) is 0 Å². The van der Waals surface area contributed by atoms with Crippen LogP contribution in [0.1, 0.15) is 29.1 Å². The van der Waals surface area contributed by atoms with Crippen LogP contribution in [0.25, 0.3) is 0 Å². The minimum absolute atomic E-state index is 0.545. The van der Waals surface area contributed by atoms with E-state index in [4.69, 9.17) is 4.74 Å². The molecule has 19 heavy (non-hydrogen) atoms. The summed E-state index contributed by atoms with van der Waals surface area (Å²) in [5, 5.41) is 6.70. The van der Waals surface area contributed by atoms with Crippen molar-refractivity contribution >= 4 is 11.3 Å². The fraction of sp³-hybridized carbons (Fsp3) is 0.400. The molecule has 1 aromatic heterocycles. The topological polar surface area (TPSA) is 34.1 Å². The predicted octanol–water partition coefficient (Wildman–Crippen LogP) is 3.28. The van der Waals surface area contributed by atoms with Gasteiger partial charge in [-0.1, -0.05) is 17.7 Å². The molecule has 1 aromatic carbocycles. The zero-order chi connectivity index (χ0) is 13.1. The van der Waals surface area contributed by atoms with E-state index >= 15 is 0 Å². The van der Waals surface area contributed by atoms with Crippen molar-refractivity contribution in [1.29, 1.82) is 0 Å². The summed E-state index contributed by atoms with van der Waals surface area (Å²) in [5.74, 6) is 0.899. The molecule has 0 spiro atoms. The zero-order valence-electron chi connectivity index (χ0n) is 11.1. The third-order valence-corrected chi connectivity index (χ3v) is 4.02. The highest BCUT2D eigenvalue weighted by molar-refractivity contribution is 7.09. The summed E-state index contributed by atoms with van der Waals surface area (Å²) < 4.78 is 5.72. The van der Waals surface area contributed by atoms with Crippen molar-refractivity contribution in [3.8, 4) is 5.75 Å². The number of nitrogens with one attached hydrogen (secondary N) is 1. The van der Waals surface area contributed by atoms with E-state index in [-0.39, 0.29) is 0 Å². The van der Waals surface area contributed by atoms with Gasteiger partial charge in [-0.2, -0.15) is 0 Å².